The van der Waals surface area contributed by atoms with E-state index in [1.807, 2.05) is 70.2 Å². The highest BCUT2D eigenvalue weighted by atomic mass is 35.5. The number of nitrogen functional groups attached to an aromatic ring is 1. The van der Waals surface area contributed by atoms with Crippen molar-refractivity contribution in [1.82, 2.24) is 0 Å². The van der Waals surface area contributed by atoms with Gasteiger partial charge < -0.3 is 67.4 Å². The Bertz CT molecular complexity index is 6820. The molecule has 0 fully saturated rings. The summed E-state index contributed by atoms with van der Waals surface area (Å²) in [6.45, 7) is 9.91. The number of hydrogen-bond donors (Lipinski definition) is 11. The number of halogens is 7. The normalized spacial score (nSPS) is 10.5. The predicted molar refractivity (Wildman–Crippen MR) is 522 cm³/mol. The van der Waals surface area contributed by atoms with Gasteiger partial charge in [0, 0.05) is 110 Å². The van der Waals surface area contributed by atoms with E-state index in [0.29, 0.717) is 109 Å². The van der Waals surface area contributed by atoms with Gasteiger partial charge in [0.15, 0.2) is 0 Å². The van der Waals surface area contributed by atoms with Gasteiger partial charge in [-0.05, 0) is 201 Å². The lowest BCUT2D eigenvalue weighted by molar-refractivity contribution is -0.159. The fraction of sp³-hybridized carbons (Fsp3) is 0.0714. The molecule has 15 aromatic rings. The van der Waals surface area contributed by atoms with Crippen LogP contribution in [0, 0.1) is 33.5 Å². The van der Waals surface area contributed by atoms with Gasteiger partial charge in [0.05, 0.1) is 5.56 Å². The number of carbonyl (C=O) groups excluding carboxylic acids is 6. The zero-order chi connectivity index (χ0) is 96.7. The van der Waals surface area contributed by atoms with Gasteiger partial charge in [0.1, 0.15) is 70.7 Å². The van der Waals surface area contributed by atoms with E-state index >= 15 is 0 Å². The van der Waals surface area contributed by atoms with Crippen LogP contribution in [0.2, 0.25) is 20.1 Å². The quantitative estimate of drug-likeness (QED) is 0.0222. The second-order valence-corrected chi connectivity index (χ2v) is 34.5. The second kappa shape index (κ2) is 46.4. The van der Waals surface area contributed by atoms with Gasteiger partial charge in [-0.1, -0.05) is 167 Å². The van der Waals surface area contributed by atoms with Crippen molar-refractivity contribution in [2.45, 2.75) is 47.7 Å². The van der Waals surface area contributed by atoms with Crippen molar-refractivity contribution in [3.63, 3.8) is 0 Å². The number of ether oxygens (including phenoxy) is 1. The van der Waals surface area contributed by atoms with Crippen molar-refractivity contribution in [1.29, 1.82) is 0 Å². The molecule has 0 aliphatic heterocycles. The Morgan fingerprint density at radius 3 is 0.992 bits per heavy atom. The summed E-state index contributed by atoms with van der Waals surface area (Å²) in [5, 5.41) is 72.9. The summed E-state index contributed by atoms with van der Waals surface area (Å²) in [5.74, 6) is -8.94. The van der Waals surface area contributed by atoms with E-state index < -0.39 is 59.5 Å². The fourth-order valence-electron chi connectivity index (χ4n) is 12.3. The van der Waals surface area contributed by atoms with E-state index in [-0.39, 0.29) is 71.5 Å². The molecule has 10 aromatic carbocycles. The molecule has 0 spiro atoms. The highest BCUT2D eigenvalue weighted by Gasteiger charge is 2.30. The average molecular weight is 1970 g/mol. The molecule has 0 radical (unpaired) electrons. The van der Waals surface area contributed by atoms with Crippen LogP contribution in [0.1, 0.15) is 140 Å². The minimum atomic E-state index is -3.40. The molecule has 12 N–H and O–H groups in total. The first-order chi connectivity index (χ1) is 63.3. The van der Waals surface area contributed by atoms with Gasteiger partial charge >= 0.3 is 36.0 Å². The van der Waals surface area contributed by atoms with Crippen molar-refractivity contribution in [3.05, 3.63) is 367 Å². The van der Waals surface area contributed by atoms with E-state index in [0.717, 1.165) is 74.2 Å². The van der Waals surface area contributed by atoms with Gasteiger partial charge in [0.2, 0.25) is 0 Å². The van der Waals surface area contributed by atoms with E-state index in [1.54, 1.807) is 172 Å². The SMILES string of the molecule is CC(F)(F)Oc1cccc(C(=O)Nc2scc(-c3ccc(Cl)cc3)c2C(=O)O)c1.CC=O.Cc1ccc(C(=O)Nc2scc(-c3ccc(C)c(C)c3)c2C(=O)O)cc1.Cc1ccc(C(=O)Nc2scc(-c3cccc(Cl)c3)c2C(=O)O)cc1.Nc1ccc(C(=O)Nc2scc(-c3ccc(Cl)cc3)c2C(=O)O)cc1.O=C(Nc1scc(-c2ccc(Cl)cc2)c1C(=O)O)c1ccccc1F. The van der Waals surface area contributed by atoms with Crippen LogP contribution in [0.3, 0.4) is 0 Å². The molecular formula is C98H75Cl4F3N6O17S5. The Morgan fingerprint density at radius 1 is 0.353 bits per heavy atom. The van der Waals surface area contributed by atoms with Gasteiger partial charge in [-0.25, -0.2) is 28.4 Å². The summed E-state index contributed by atoms with van der Waals surface area (Å²) in [7, 11) is 0. The number of aromatic carboxylic acids is 5. The lowest BCUT2D eigenvalue weighted by Crippen LogP contribution is -2.19. The minimum Gasteiger partial charge on any atom is -0.478 e. The van der Waals surface area contributed by atoms with Crippen molar-refractivity contribution in [2.75, 3.05) is 32.3 Å². The molecule has 35 heteroatoms. The Kier molecular flexibility index (Phi) is 35.2. The third-order valence-corrected chi connectivity index (χ3v) is 24.4. The maximum absolute atomic E-state index is 13.7. The topological polar surface area (TPSA) is 384 Å². The summed E-state index contributed by atoms with van der Waals surface area (Å²) >= 11 is 29.3. The number of nitrogens with two attached hydrogens (primary N) is 1. The number of aldehydes is 1. The van der Waals surface area contributed by atoms with Crippen LogP contribution in [0.25, 0.3) is 55.6 Å². The van der Waals surface area contributed by atoms with E-state index in [1.165, 1.54) is 72.1 Å². The average Bonchev–Trinajstić information content (AvgIpc) is 1.72. The molecule has 0 saturated carbocycles. The highest BCUT2D eigenvalue weighted by Crippen LogP contribution is 2.43. The summed E-state index contributed by atoms with van der Waals surface area (Å²) in [6, 6.07) is 64.3. The third kappa shape index (κ3) is 27.4. The number of carboxylic acid groups (broad SMARTS) is 5. The van der Waals surface area contributed by atoms with Crippen LogP contribution in [-0.2, 0) is 4.79 Å². The first-order valence-corrected chi connectivity index (χ1v) is 44.9. The summed E-state index contributed by atoms with van der Waals surface area (Å²) in [5.41, 5.74) is 17.9. The molecule has 5 amide bonds. The molecule has 678 valence electrons. The fourth-order valence-corrected chi connectivity index (χ4v) is 17.6. The molecule has 0 bridgehead atoms. The number of carbonyl (C=O) groups is 11. The number of alkyl halides is 2. The molecule has 5 aromatic heterocycles. The van der Waals surface area contributed by atoms with Crippen LogP contribution >= 0.6 is 103 Å². The maximum atomic E-state index is 13.7. The van der Waals surface area contributed by atoms with Gasteiger partial charge in [-0.15, -0.1) is 56.7 Å². The van der Waals surface area contributed by atoms with Crippen LogP contribution in [0.15, 0.2) is 263 Å². The van der Waals surface area contributed by atoms with Crippen LogP contribution in [0.4, 0.5) is 43.9 Å². The maximum Gasteiger partial charge on any atom is 0.394 e. The van der Waals surface area contributed by atoms with Crippen LogP contribution < -0.4 is 37.1 Å². The Balaban J connectivity index is 0.000000171. The molecule has 15 rings (SSSR count). The molecule has 5 heterocycles. The molecule has 0 atom stereocenters. The number of benzene rings is 10. The highest BCUT2D eigenvalue weighted by molar-refractivity contribution is 7.17. The van der Waals surface area contributed by atoms with Crippen molar-refractivity contribution in [3.8, 4) is 61.4 Å². The second-order valence-electron chi connectivity index (χ2n) is 28.4. The number of amides is 5. The molecule has 133 heavy (non-hydrogen) atoms. The Morgan fingerprint density at radius 2 is 0.662 bits per heavy atom. The van der Waals surface area contributed by atoms with E-state index in [4.69, 9.17) is 56.9 Å². The van der Waals surface area contributed by atoms with Crippen LogP contribution in [0.5, 0.6) is 5.75 Å². The standard InChI is InChI=1S/C21H19NO3S.C20H14ClF2NO4S.C19H14ClNO3S.C18H11ClFNO3S.C18H13ClN2O3S.C2H4O/c1-12-4-7-15(8-5-12)19(23)22-20-18(21(24)25)17(11-26-20)16-9-6-13(2)14(3)10-16;1-20(22,23)28-14-4-2-3-12(9-14)17(25)24-18-16(19(26)27)15(10-29-18)11-5-7-13(21)8-6-11;1-11-5-7-12(8-6-11)17(22)21-18-16(19(23)24)15(10-25-18)13-3-2-4-14(20)9-13;19-11-7-5-10(6-8-11)13-9-25-17(15(13)18(23)24)21-16(22)12-3-1-2-4-14(12)20;19-12-5-1-10(2-6-12)14-9-25-17(15(14)18(23)24)21-16(22)11-3-7-13(20)8-4-11;1-2-3/h4-11H,1-3H3,(H,22,23)(H,24,25);2-10H,1H3,(H,24,25)(H,26,27);2-10H,1H3,(H,21,22)(H,23,24);1-9H,(H,21,22)(H,23,24);1-9H,20H2,(H,21,22)(H,23,24);2H,1H3. The summed E-state index contributed by atoms with van der Waals surface area (Å²) in [4.78, 5) is 130. The van der Waals surface area contributed by atoms with Crippen molar-refractivity contribution >= 4 is 199 Å². The van der Waals surface area contributed by atoms with E-state index in [9.17, 15) is 86.6 Å². The van der Waals surface area contributed by atoms with E-state index in [2.05, 4.69) is 31.3 Å². The number of thiophene rings is 5. The van der Waals surface area contributed by atoms with Gasteiger partial charge in [-0.3, -0.25) is 24.0 Å². The number of carboxylic acids is 5. The third-order valence-electron chi connectivity index (χ3n) is 18.9. The van der Waals surface area contributed by atoms with Crippen molar-refractivity contribution in [2.24, 2.45) is 0 Å². The van der Waals surface area contributed by atoms with Crippen molar-refractivity contribution < 1.29 is 96.2 Å². The summed E-state index contributed by atoms with van der Waals surface area (Å²) in [6.07, 6.45) is -2.65. The zero-order valence-electron chi connectivity index (χ0n) is 70.4. The monoisotopic (exact) mass is 1960 g/mol. The number of aryl methyl sites for hydroxylation is 4. The predicted octanol–water partition coefficient (Wildman–Crippen LogP) is 26.6. The first-order valence-electron chi connectivity index (χ1n) is 39.0. The zero-order valence-corrected chi connectivity index (χ0v) is 77.5. The smallest absolute Gasteiger partial charge is 0.394 e. The lowest BCUT2D eigenvalue weighted by Gasteiger charge is -2.13. The first kappa shape index (κ1) is 101. The Labute approximate surface area is 798 Å². The molecule has 0 unspecified atom stereocenters. The number of anilines is 6. The number of nitrogens with one attached hydrogen (secondary N) is 5. The molecule has 0 aliphatic rings. The summed E-state index contributed by atoms with van der Waals surface area (Å²) < 4.78 is 44.2. The molecule has 23 nitrogen and oxygen atoms in total. The van der Waals surface area contributed by atoms with Gasteiger partial charge in [0.25, 0.3) is 29.5 Å². The largest absolute Gasteiger partial charge is 0.478 e. The van der Waals surface area contributed by atoms with Gasteiger partial charge in [-0.2, -0.15) is 8.78 Å². The molecular weight excluding hydrogens is 1890 g/mol. The number of rotatable bonds is 22. The van der Waals surface area contributed by atoms with Crippen LogP contribution in [-0.4, -0.2) is 97.3 Å². The molecule has 0 aliphatic carbocycles. The lowest BCUT2D eigenvalue weighted by atomic mass is 9.99. The number of hydrogen-bond acceptors (Lipinski definition) is 18. The minimum absolute atomic E-state index is 0.0444. The molecule has 0 saturated heterocycles. The Hall–Kier alpha value is -14.4.